The van der Waals surface area contributed by atoms with Crippen molar-refractivity contribution in [3.8, 4) is 0 Å². The lowest BCUT2D eigenvalue weighted by atomic mass is 10.2. The van der Waals surface area contributed by atoms with Gasteiger partial charge >= 0.3 is 0 Å². The third-order valence-corrected chi connectivity index (χ3v) is 12.8. The van der Waals surface area contributed by atoms with Crippen molar-refractivity contribution in [1.82, 2.24) is 9.80 Å². The fourth-order valence-corrected chi connectivity index (χ4v) is 8.65. The molecule has 4 rings (SSSR count). The minimum absolute atomic E-state index is 0.0203. The summed E-state index contributed by atoms with van der Waals surface area (Å²) in [6.45, 7) is 20.8. The molecule has 0 aromatic heterocycles. The van der Waals surface area contributed by atoms with Gasteiger partial charge in [0.1, 0.15) is 6.61 Å². The minimum atomic E-state index is 0.0203. The maximum absolute atomic E-state index is 12.8. The largest absolute Gasteiger partial charge is 0.382 e. The number of methoxy groups -OCH3 is 1. The van der Waals surface area contributed by atoms with Crippen LogP contribution in [0.25, 0.3) is 0 Å². The number of carbonyl (C=O) groups excluding carboxylic acids is 1. The molecule has 77 heavy (non-hydrogen) atoms. The zero-order valence-corrected chi connectivity index (χ0v) is 47.4. The Morgan fingerprint density at radius 3 is 1.13 bits per heavy atom. The van der Waals surface area contributed by atoms with Gasteiger partial charge in [-0.1, -0.05) is 35.5 Å². The molecule has 2 heterocycles. The molecule has 2 aliphatic heterocycles. The molecule has 0 bridgehead atoms. The fraction of sp³-hybridized carbons (Fsp3) is 0.759. The third-order valence-electron chi connectivity index (χ3n) is 11.4. The first-order valence-electron chi connectivity index (χ1n) is 27.2. The van der Waals surface area contributed by atoms with Gasteiger partial charge in [0.15, 0.2) is 0 Å². The molecule has 23 heteroatoms. The molecule has 2 aliphatic rings. The van der Waals surface area contributed by atoms with E-state index in [4.69, 9.17) is 92.1 Å². The van der Waals surface area contributed by atoms with Crippen LogP contribution in [0, 0.1) is 0 Å². The number of nitrogens with zero attached hydrogens (tertiary/aromatic N) is 3. The van der Waals surface area contributed by atoms with Crippen LogP contribution < -0.4 is 4.90 Å². The van der Waals surface area contributed by atoms with E-state index in [1.54, 1.807) is 18.9 Å². The third kappa shape index (κ3) is 34.5. The Morgan fingerprint density at radius 1 is 0.416 bits per heavy atom. The highest BCUT2D eigenvalue weighted by Gasteiger charge is 2.25. The van der Waals surface area contributed by atoms with Crippen LogP contribution in [0.2, 0.25) is 5.02 Å². The molecule has 0 radical (unpaired) electrons. The zero-order valence-electron chi connectivity index (χ0n) is 45.8. The number of piperazine rings is 1. The van der Waals surface area contributed by atoms with E-state index in [2.05, 4.69) is 46.2 Å². The maximum Gasteiger partial charge on any atom is 0.248 e. The summed E-state index contributed by atoms with van der Waals surface area (Å²) in [6.07, 6.45) is 1.01. The Kier molecular flexibility index (Phi) is 42.2. The Labute approximate surface area is 467 Å². The van der Waals surface area contributed by atoms with Gasteiger partial charge in [-0.15, -0.1) is 0 Å². The molecule has 0 aliphatic carbocycles. The van der Waals surface area contributed by atoms with Gasteiger partial charge in [-0.25, -0.2) is 0 Å². The van der Waals surface area contributed by atoms with E-state index in [0.29, 0.717) is 225 Å². The van der Waals surface area contributed by atoms with Crippen LogP contribution in [-0.2, 0) is 85.3 Å². The smallest absolute Gasteiger partial charge is 0.248 e. The van der Waals surface area contributed by atoms with Gasteiger partial charge in [0, 0.05) is 54.6 Å². The summed E-state index contributed by atoms with van der Waals surface area (Å²) in [5.41, 5.74) is 2.39. The Balaban J connectivity index is 0.759. The van der Waals surface area contributed by atoms with Crippen molar-refractivity contribution in [2.45, 2.75) is 16.2 Å². The number of hydrogen-bond donors (Lipinski definition) is 0. The Bertz CT molecular complexity index is 1700. The van der Waals surface area contributed by atoms with Crippen LogP contribution in [0.1, 0.15) is 6.42 Å². The predicted molar refractivity (Wildman–Crippen MR) is 292 cm³/mol. The van der Waals surface area contributed by atoms with Crippen molar-refractivity contribution in [3.63, 3.8) is 0 Å². The monoisotopic (exact) mass is 1140 g/mol. The average Bonchev–Trinajstić information content (AvgIpc) is 3.45. The van der Waals surface area contributed by atoms with Crippen LogP contribution in [0.4, 0.5) is 11.4 Å². The average molecular weight is 1140 g/mol. The first-order chi connectivity index (χ1) is 38.2. The predicted octanol–water partition coefficient (Wildman–Crippen LogP) is 4.39. The second-order valence-electron chi connectivity index (χ2n) is 17.1. The Hall–Kier alpha value is -2.37. The molecule has 2 aromatic carbocycles. The number of para-hydroxylation sites is 1. The molecule has 2 aromatic rings. The topological polar surface area (TPSA) is 184 Å². The second-order valence-corrected chi connectivity index (χ2v) is 18.7. The molecule has 0 unspecified atom stereocenters. The number of carbonyl (C=O) groups is 1. The highest BCUT2D eigenvalue weighted by molar-refractivity contribution is 7.99. The number of benzene rings is 2. The molecule has 1 amide bonds. The maximum atomic E-state index is 12.8. The first-order valence-corrected chi connectivity index (χ1v) is 28.4. The zero-order chi connectivity index (χ0) is 54.2. The number of amides is 1. The molecular formula is C54H90ClN3O18S. The van der Waals surface area contributed by atoms with Crippen molar-refractivity contribution < 1.29 is 85.3 Å². The number of anilines is 2. The number of fused-ring (bicyclic) bond motifs is 2. The van der Waals surface area contributed by atoms with Crippen molar-refractivity contribution in [1.29, 1.82) is 0 Å². The summed E-state index contributed by atoms with van der Waals surface area (Å²) < 4.78 is 93.1. The van der Waals surface area contributed by atoms with Gasteiger partial charge in [-0.2, -0.15) is 0 Å². The van der Waals surface area contributed by atoms with Crippen molar-refractivity contribution >= 4 is 40.6 Å². The lowest BCUT2D eigenvalue weighted by Gasteiger charge is -2.36. The minimum Gasteiger partial charge on any atom is -0.382 e. The number of hydrogen-bond acceptors (Lipinski definition) is 21. The summed E-state index contributed by atoms with van der Waals surface area (Å²) in [4.78, 5) is 22.0. The van der Waals surface area contributed by atoms with Gasteiger partial charge in [0.25, 0.3) is 0 Å². The molecule has 1 saturated heterocycles. The molecule has 0 N–H and O–H groups in total. The van der Waals surface area contributed by atoms with Crippen LogP contribution in [0.5, 0.6) is 0 Å². The van der Waals surface area contributed by atoms with Gasteiger partial charge in [0.2, 0.25) is 5.91 Å². The standard InChI is InChI=1S/C54H90ClN3O18S/c1-60-15-16-61-17-18-62-19-20-63-21-22-64-23-24-65-25-26-66-27-28-67-29-30-68-31-32-69-33-34-70-35-36-71-37-38-72-39-40-73-41-42-74-43-44-75-45-46-76-48-54(59)57-13-11-56(12-14-57)9-4-10-58-50-5-2-3-6-52(50)77-53-8-7-49(55)47-51(53)58/h2-3,5-8,47H,4,9-46,48H2,1H3. The van der Waals surface area contributed by atoms with Gasteiger partial charge in [-0.3, -0.25) is 9.69 Å². The lowest BCUT2D eigenvalue weighted by molar-refractivity contribution is -0.138. The van der Waals surface area contributed by atoms with Crippen LogP contribution in [0.3, 0.4) is 0 Å². The van der Waals surface area contributed by atoms with E-state index >= 15 is 0 Å². The van der Waals surface area contributed by atoms with E-state index in [-0.39, 0.29) is 12.5 Å². The van der Waals surface area contributed by atoms with Crippen molar-refractivity contribution in [2.24, 2.45) is 0 Å². The molecule has 21 nitrogen and oxygen atoms in total. The van der Waals surface area contributed by atoms with Crippen molar-refractivity contribution in [3.05, 3.63) is 47.5 Å². The van der Waals surface area contributed by atoms with E-state index in [0.717, 1.165) is 37.6 Å². The second kappa shape index (κ2) is 48.3. The SMILES string of the molecule is COCCOCCOCCOCCOCCOCCOCCOCCOCCOCCOCCOCCOCCOCCOCCOCCOCC(=O)N1CCN(CCCN2c3ccccc3Sc3ccc(Cl)cc32)CC1. The lowest BCUT2D eigenvalue weighted by Crippen LogP contribution is -2.50. The van der Waals surface area contributed by atoms with E-state index in [9.17, 15) is 4.79 Å². The highest BCUT2D eigenvalue weighted by atomic mass is 35.5. The van der Waals surface area contributed by atoms with Crippen LogP contribution >= 0.6 is 23.4 Å². The fourth-order valence-electron chi connectivity index (χ4n) is 7.41. The summed E-state index contributed by atoms with van der Waals surface area (Å²) >= 11 is 8.18. The van der Waals surface area contributed by atoms with E-state index < -0.39 is 0 Å². The molecule has 0 atom stereocenters. The first kappa shape index (κ1) is 67.1. The summed E-state index contributed by atoms with van der Waals surface area (Å²) in [6, 6.07) is 14.7. The molecule has 442 valence electrons. The van der Waals surface area contributed by atoms with Crippen LogP contribution in [-0.4, -0.2) is 280 Å². The number of ether oxygens (including phenoxy) is 17. The number of rotatable bonds is 54. The molecule has 1 fully saturated rings. The van der Waals surface area contributed by atoms with Gasteiger partial charge in [-0.05, 0) is 43.3 Å². The van der Waals surface area contributed by atoms with Crippen LogP contribution in [0.15, 0.2) is 52.3 Å². The number of halogens is 1. The summed E-state index contributed by atoms with van der Waals surface area (Å²) in [5, 5.41) is 0.747. The van der Waals surface area contributed by atoms with E-state index in [1.807, 2.05) is 11.0 Å². The normalized spacial score (nSPS) is 13.7. The van der Waals surface area contributed by atoms with Gasteiger partial charge in [0.05, 0.1) is 223 Å². The summed E-state index contributed by atoms with van der Waals surface area (Å²) in [7, 11) is 1.64. The van der Waals surface area contributed by atoms with E-state index in [1.165, 1.54) is 21.2 Å². The van der Waals surface area contributed by atoms with Crippen molar-refractivity contribution in [2.75, 3.05) is 269 Å². The van der Waals surface area contributed by atoms with Gasteiger partial charge < -0.3 is 90.3 Å². The Morgan fingerprint density at radius 2 is 0.753 bits per heavy atom. The quantitative estimate of drug-likeness (QED) is 0.0850. The highest BCUT2D eigenvalue weighted by Crippen LogP contribution is 2.48. The molecule has 0 saturated carbocycles. The summed E-state index contributed by atoms with van der Waals surface area (Å²) in [5.74, 6) is 0.0203. The molecule has 0 spiro atoms. The molecular weight excluding hydrogens is 1050 g/mol.